The third-order valence-corrected chi connectivity index (χ3v) is 8.74. The van der Waals surface area contributed by atoms with Crippen molar-refractivity contribution in [1.29, 1.82) is 0 Å². The third kappa shape index (κ3) is 5.61. The Kier molecular flexibility index (Phi) is 8.53. The van der Waals surface area contributed by atoms with Gasteiger partial charge in [-0.25, -0.2) is 18.4 Å². The minimum absolute atomic E-state index is 0.113. The molecule has 0 aromatic carbocycles. The summed E-state index contributed by atoms with van der Waals surface area (Å²) >= 11 is 5.88. The normalized spacial score (nSPS) is 16.3. The van der Waals surface area contributed by atoms with E-state index in [4.69, 9.17) is 25.8 Å². The van der Waals surface area contributed by atoms with Gasteiger partial charge in [0, 0.05) is 38.3 Å². The Bertz CT molecular complexity index is 1370. The van der Waals surface area contributed by atoms with Crippen molar-refractivity contribution in [2.45, 2.75) is 55.6 Å². The molecule has 204 valence electrons. The fraction of sp³-hybridized carbons (Fsp3) is 0.522. The highest BCUT2D eigenvalue weighted by Crippen LogP contribution is 2.37. The summed E-state index contributed by atoms with van der Waals surface area (Å²) in [5, 5.41) is 7.90. The number of hydrogen-bond acceptors (Lipinski definition) is 12. The second kappa shape index (κ2) is 11.7. The molecule has 1 aliphatic rings. The summed E-state index contributed by atoms with van der Waals surface area (Å²) in [7, 11) is 0.335. The Hall–Kier alpha value is -3.23. The van der Waals surface area contributed by atoms with Crippen molar-refractivity contribution in [2.24, 2.45) is 0 Å². The van der Waals surface area contributed by atoms with E-state index >= 15 is 0 Å². The van der Waals surface area contributed by atoms with Crippen LogP contribution in [0.2, 0.25) is 5.02 Å². The van der Waals surface area contributed by atoms with Crippen LogP contribution in [0.4, 0.5) is 0 Å². The molecule has 0 spiro atoms. The summed E-state index contributed by atoms with van der Waals surface area (Å²) in [4.78, 5) is 28.5. The van der Waals surface area contributed by atoms with Crippen molar-refractivity contribution in [3.05, 3.63) is 41.2 Å². The minimum Gasteiger partial charge on any atom is -0.479 e. The van der Waals surface area contributed by atoms with E-state index in [1.807, 2.05) is 0 Å². The van der Waals surface area contributed by atoms with Crippen molar-refractivity contribution < 1.29 is 27.4 Å². The Morgan fingerprint density at radius 2 is 1.63 bits per heavy atom. The zero-order valence-electron chi connectivity index (χ0n) is 21.4. The van der Waals surface area contributed by atoms with Crippen LogP contribution >= 0.6 is 11.6 Å². The first kappa shape index (κ1) is 27.8. The van der Waals surface area contributed by atoms with Gasteiger partial charge in [0.1, 0.15) is 29.8 Å². The fourth-order valence-electron chi connectivity index (χ4n) is 4.44. The number of nitrogens with zero attached hydrogens (tertiary/aromatic N) is 7. The summed E-state index contributed by atoms with van der Waals surface area (Å²) in [6.45, 7) is 1.52. The van der Waals surface area contributed by atoms with Crippen LogP contribution in [-0.2, 0) is 25.1 Å². The first-order valence-corrected chi connectivity index (χ1v) is 13.9. The van der Waals surface area contributed by atoms with E-state index in [0.29, 0.717) is 36.5 Å². The maximum absolute atomic E-state index is 13.7. The third-order valence-electron chi connectivity index (χ3n) is 6.50. The summed E-state index contributed by atoms with van der Waals surface area (Å²) in [5.74, 6) is 0.619. The van der Waals surface area contributed by atoms with Crippen molar-refractivity contribution >= 4 is 27.2 Å². The van der Waals surface area contributed by atoms with Crippen LogP contribution in [0, 0.1) is 0 Å². The standard InChI is InChI=1S/C23H28ClN7O6S/c1-13(19(35-2)20-25-9-15(24)10-26-20)38(33,34)11-17-29-30-21(14-5-7-16(32)8-6-14)31(17)18-22(36-3)27-12-28-23(18)37-4/h9-10,12-14,19H,5-8,11H2,1-4H3/t13-,19-/m0/s1. The number of ether oxygens (including phenoxy) is 3. The molecule has 1 saturated carbocycles. The topological polar surface area (TPSA) is 161 Å². The first-order chi connectivity index (χ1) is 18.2. The van der Waals surface area contributed by atoms with Crippen molar-refractivity contribution in [1.82, 2.24) is 34.7 Å². The lowest BCUT2D eigenvalue weighted by molar-refractivity contribution is -0.120. The summed E-state index contributed by atoms with van der Waals surface area (Å²) in [5.41, 5.74) is 0.275. The number of hydrogen-bond donors (Lipinski definition) is 0. The molecule has 0 aliphatic heterocycles. The Morgan fingerprint density at radius 3 is 2.18 bits per heavy atom. The van der Waals surface area contributed by atoms with Gasteiger partial charge in [0.05, 0.1) is 24.5 Å². The Morgan fingerprint density at radius 1 is 1.03 bits per heavy atom. The van der Waals surface area contributed by atoms with Gasteiger partial charge in [0.15, 0.2) is 27.2 Å². The van der Waals surface area contributed by atoms with Gasteiger partial charge >= 0.3 is 0 Å². The Labute approximate surface area is 224 Å². The second-order valence-corrected chi connectivity index (χ2v) is 11.6. The zero-order chi connectivity index (χ0) is 27.4. The maximum Gasteiger partial charge on any atom is 0.245 e. The molecule has 38 heavy (non-hydrogen) atoms. The quantitative estimate of drug-likeness (QED) is 0.353. The van der Waals surface area contributed by atoms with Gasteiger partial charge in [-0.1, -0.05) is 11.6 Å². The van der Waals surface area contributed by atoms with Crippen LogP contribution in [0.5, 0.6) is 11.8 Å². The van der Waals surface area contributed by atoms with Gasteiger partial charge in [-0.05, 0) is 19.8 Å². The SMILES string of the molecule is COc1ncnc(OC)c1-n1c(CS(=O)(=O)[C@@H](C)[C@H](OC)c2ncc(Cl)cn2)nnc1C1CCC(=O)CC1. The molecular formula is C23H28ClN7O6S. The molecule has 2 atom stereocenters. The first-order valence-electron chi connectivity index (χ1n) is 11.8. The lowest BCUT2D eigenvalue weighted by Gasteiger charge is -2.23. The number of carbonyl (C=O) groups is 1. The number of carbonyl (C=O) groups excluding carboxylic acids is 1. The van der Waals surface area contributed by atoms with E-state index < -0.39 is 26.9 Å². The number of ketones is 1. The molecule has 0 saturated heterocycles. The number of methoxy groups -OCH3 is 3. The summed E-state index contributed by atoms with van der Waals surface area (Å²) in [6.07, 6.45) is 4.98. The molecule has 0 unspecified atom stereocenters. The molecule has 4 rings (SSSR count). The van der Waals surface area contributed by atoms with E-state index in [-0.39, 0.29) is 40.8 Å². The van der Waals surface area contributed by atoms with E-state index in [1.165, 1.54) is 47.0 Å². The number of aromatic nitrogens is 7. The number of sulfone groups is 1. The highest BCUT2D eigenvalue weighted by Gasteiger charge is 2.36. The number of halogens is 1. The molecule has 15 heteroatoms. The zero-order valence-corrected chi connectivity index (χ0v) is 22.9. The van der Waals surface area contributed by atoms with E-state index in [2.05, 4.69) is 30.1 Å². The predicted molar refractivity (Wildman–Crippen MR) is 135 cm³/mol. The molecule has 3 heterocycles. The molecule has 3 aromatic rings. The lowest BCUT2D eigenvalue weighted by atomic mass is 9.88. The largest absolute Gasteiger partial charge is 0.479 e. The van der Waals surface area contributed by atoms with Crippen LogP contribution in [0.1, 0.15) is 62.1 Å². The highest BCUT2D eigenvalue weighted by atomic mass is 35.5. The van der Waals surface area contributed by atoms with Gasteiger partial charge in [-0.3, -0.25) is 9.36 Å². The number of rotatable bonds is 10. The molecule has 3 aromatic heterocycles. The van der Waals surface area contributed by atoms with Crippen LogP contribution < -0.4 is 9.47 Å². The van der Waals surface area contributed by atoms with E-state index in [9.17, 15) is 13.2 Å². The van der Waals surface area contributed by atoms with Gasteiger partial charge in [-0.15, -0.1) is 10.2 Å². The van der Waals surface area contributed by atoms with Crippen molar-refractivity contribution in [3.63, 3.8) is 0 Å². The van der Waals surface area contributed by atoms with Gasteiger partial charge in [0.25, 0.3) is 0 Å². The van der Waals surface area contributed by atoms with Gasteiger partial charge in [0.2, 0.25) is 11.8 Å². The van der Waals surface area contributed by atoms with Crippen LogP contribution in [0.15, 0.2) is 18.7 Å². The number of Topliss-reactive ketones (excluding diaryl/α,β-unsaturated/α-hetero) is 1. The van der Waals surface area contributed by atoms with Crippen molar-refractivity contribution in [2.75, 3.05) is 21.3 Å². The average Bonchev–Trinajstić information content (AvgIpc) is 3.32. The molecule has 1 fully saturated rings. The van der Waals surface area contributed by atoms with Crippen molar-refractivity contribution in [3.8, 4) is 17.4 Å². The van der Waals surface area contributed by atoms with Gasteiger partial charge < -0.3 is 14.2 Å². The molecule has 1 aliphatic carbocycles. The Balaban J connectivity index is 1.78. The molecule has 0 bridgehead atoms. The molecule has 0 radical (unpaired) electrons. The monoisotopic (exact) mass is 565 g/mol. The fourth-order valence-corrected chi connectivity index (χ4v) is 5.96. The minimum atomic E-state index is -3.92. The van der Waals surface area contributed by atoms with Crippen LogP contribution in [-0.4, -0.2) is 75.5 Å². The average molecular weight is 566 g/mol. The molecule has 0 N–H and O–H groups in total. The van der Waals surface area contributed by atoms with Crippen LogP contribution in [0.25, 0.3) is 5.69 Å². The lowest BCUT2D eigenvalue weighted by Crippen LogP contribution is -2.30. The smallest absolute Gasteiger partial charge is 0.245 e. The second-order valence-electron chi connectivity index (χ2n) is 8.79. The molecule has 13 nitrogen and oxygen atoms in total. The van der Waals surface area contributed by atoms with E-state index in [0.717, 1.165) is 0 Å². The van der Waals surface area contributed by atoms with E-state index in [1.54, 1.807) is 4.57 Å². The summed E-state index contributed by atoms with van der Waals surface area (Å²) in [6, 6.07) is 0. The van der Waals surface area contributed by atoms with Gasteiger partial charge in [-0.2, -0.15) is 9.97 Å². The maximum atomic E-state index is 13.7. The van der Waals surface area contributed by atoms with Crippen LogP contribution in [0.3, 0.4) is 0 Å². The summed E-state index contributed by atoms with van der Waals surface area (Å²) < 4.78 is 45.3. The molecular weight excluding hydrogens is 538 g/mol. The highest BCUT2D eigenvalue weighted by molar-refractivity contribution is 7.91. The predicted octanol–water partition coefficient (Wildman–Crippen LogP) is 2.44. The molecule has 0 amide bonds.